The first-order chi connectivity index (χ1) is 10.9. The van der Waals surface area contributed by atoms with Crippen molar-refractivity contribution < 1.29 is 20.1 Å². The topological polar surface area (TPSA) is 77.8 Å². The van der Waals surface area contributed by atoms with Gasteiger partial charge in [0.05, 0.1) is 12.0 Å². The fourth-order valence-electron chi connectivity index (χ4n) is 5.83. The Kier molecular flexibility index (Phi) is 3.24. The van der Waals surface area contributed by atoms with Gasteiger partial charge in [-0.3, -0.25) is 4.79 Å². The Balaban J connectivity index is 1.70. The molecule has 0 aliphatic heterocycles. The van der Waals surface area contributed by atoms with Crippen LogP contribution >= 0.6 is 0 Å². The molecule has 0 saturated heterocycles. The summed E-state index contributed by atoms with van der Waals surface area (Å²) in [6.07, 6.45) is 3.71. The second kappa shape index (κ2) is 4.97. The van der Waals surface area contributed by atoms with Gasteiger partial charge < -0.3 is 15.3 Å². The number of aromatic hydroxyl groups is 1. The number of fused-ring (bicyclic) bond motifs is 5. The van der Waals surface area contributed by atoms with E-state index in [1.165, 1.54) is 11.1 Å². The fourth-order valence-corrected chi connectivity index (χ4v) is 5.83. The maximum Gasteiger partial charge on any atom is 0.309 e. The lowest BCUT2D eigenvalue weighted by Gasteiger charge is -2.50. The highest BCUT2D eigenvalue weighted by Gasteiger charge is 2.59. The summed E-state index contributed by atoms with van der Waals surface area (Å²) in [7, 11) is 0. The molecule has 1 aromatic rings. The first-order valence-corrected chi connectivity index (χ1v) is 8.64. The molecule has 0 bridgehead atoms. The molecule has 0 spiro atoms. The zero-order valence-corrected chi connectivity index (χ0v) is 13.4. The van der Waals surface area contributed by atoms with Crippen LogP contribution in [0, 0.1) is 23.2 Å². The van der Waals surface area contributed by atoms with Crippen molar-refractivity contribution in [2.24, 2.45) is 23.2 Å². The monoisotopic (exact) mass is 316 g/mol. The van der Waals surface area contributed by atoms with E-state index in [2.05, 4.69) is 6.92 Å². The zero-order valence-electron chi connectivity index (χ0n) is 13.4. The van der Waals surface area contributed by atoms with Crippen LogP contribution in [-0.2, 0) is 11.2 Å². The number of hydrogen-bond acceptors (Lipinski definition) is 3. The third kappa shape index (κ3) is 2.04. The lowest BCUT2D eigenvalue weighted by molar-refractivity contribution is -0.146. The van der Waals surface area contributed by atoms with Crippen molar-refractivity contribution in [3.05, 3.63) is 29.3 Å². The molecule has 0 aromatic heterocycles. The Morgan fingerprint density at radius 3 is 2.83 bits per heavy atom. The number of hydrogen-bond donors (Lipinski definition) is 3. The molecule has 2 fully saturated rings. The molecule has 0 unspecified atom stereocenters. The van der Waals surface area contributed by atoms with Crippen molar-refractivity contribution in [1.82, 2.24) is 0 Å². The largest absolute Gasteiger partial charge is 0.508 e. The lowest BCUT2D eigenvalue weighted by Crippen LogP contribution is -2.44. The summed E-state index contributed by atoms with van der Waals surface area (Å²) in [6.45, 7) is 2.09. The number of carboxylic acid groups (broad SMARTS) is 1. The van der Waals surface area contributed by atoms with Crippen LogP contribution < -0.4 is 0 Å². The van der Waals surface area contributed by atoms with Crippen LogP contribution in [0.5, 0.6) is 5.75 Å². The molecule has 4 rings (SSSR count). The predicted octanol–water partition coefficient (Wildman–Crippen LogP) is 2.92. The molecule has 124 valence electrons. The fraction of sp³-hybridized carbons (Fsp3) is 0.632. The minimum atomic E-state index is -0.856. The summed E-state index contributed by atoms with van der Waals surface area (Å²) < 4.78 is 0. The summed E-state index contributed by atoms with van der Waals surface area (Å²) in [5.41, 5.74) is 2.30. The third-order valence-electron chi connectivity index (χ3n) is 7.03. The van der Waals surface area contributed by atoms with E-state index in [1.54, 1.807) is 6.07 Å². The van der Waals surface area contributed by atoms with Gasteiger partial charge in [0.1, 0.15) is 5.75 Å². The van der Waals surface area contributed by atoms with Crippen LogP contribution in [-0.4, -0.2) is 27.4 Å². The average Bonchev–Trinajstić information content (AvgIpc) is 2.79. The second-order valence-corrected chi connectivity index (χ2v) is 7.97. The highest BCUT2D eigenvalue weighted by Crippen LogP contribution is 2.62. The standard InChI is InChI=1S/C19H24O4/c1-19-7-6-13-12-5-3-11(20)8-10(12)2-4-14(13)16(19)9-15(17(19)21)18(22)23/h3,5,8,13-17,20-21H,2,4,6-7,9H2,1H3,(H,22,23)/t13-,14-,15+,16+,17+,19+/m1/s1. The quantitative estimate of drug-likeness (QED) is 0.744. The SMILES string of the molecule is C[C@]12CC[C@@H]3c4ccc(O)cc4CC[C@H]3[C@@H]1C[C@H](C(=O)O)[C@@H]2O. The van der Waals surface area contributed by atoms with Crippen molar-refractivity contribution in [2.75, 3.05) is 0 Å². The highest BCUT2D eigenvalue weighted by atomic mass is 16.4. The van der Waals surface area contributed by atoms with E-state index in [1.807, 2.05) is 12.1 Å². The molecule has 0 amide bonds. The first kappa shape index (κ1) is 15.0. The third-order valence-corrected chi connectivity index (χ3v) is 7.03. The van der Waals surface area contributed by atoms with E-state index in [9.17, 15) is 20.1 Å². The summed E-state index contributed by atoms with van der Waals surface area (Å²) in [5.74, 6) is 0.0158. The van der Waals surface area contributed by atoms with Gasteiger partial charge in [0, 0.05) is 0 Å². The van der Waals surface area contributed by atoms with Crippen molar-refractivity contribution in [3.8, 4) is 5.75 Å². The molecule has 6 atom stereocenters. The molecule has 4 heteroatoms. The van der Waals surface area contributed by atoms with Gasteiger partial charge in [-0.25, -0.2) is 0 Å². The van der Waals surface area contributed by atoms with E-state index in [0.29, 0.717) is 24.0 Å². The van der Waals surface area contributed by atoms with Crippen LogP contribution in [0.2, 0.25) is 0 Å². The Morgan fingerprint density at radius 2 is 2.09 bits per heavy atom. The van der Waals surface area contributed by atoms with Crippen molar-refractivity contribution in [3.63, 3.8) is 0 Å². The Hall–Kier alpha value is -1.55. The molecular weight excluding hydrogens is 292 g/mol. The van der Waals surface area contributed by atoms with Crippen LogP contribution in [0.1, 0.15) is 49.7 Å². The minimum absolute atomic E-state index is 0.265. The summed E-state index contributed by atoms with van der Waals surface area (Å²) in [4.78, 5) is 11.5. The van der Waals surface area contributed by atoms with Gasteiger partial charge in [0.2, 0.25) is 0 Å². The van der Waals surface area contributed by atoms with Crippen molar-refractivity contribution in [2.45, 2.75) is 51.0 Å². The molecule has 0 heterocycles. The Labute approximate surface area is 136 Å². The van der Waals surface area contributed by atoms with Crippen LogP contribution in [0.25, 0.3) is 0 Å². The van der Waals surface area contributed by atoms with Gasteiger partial charge in [-0.1, -0.05) is 13.0 Å². The number of aliphatic hydroxyl groups is 1. The van der Waals surface area contributed by atoms with Gasteiger partial charge in [-0.2, -0.15) is 0 Å². The number of phenolic OH excluding ortho intramolecular Hbond substituents is 1. The van der Waals surface area contributed by atoms with Crippen LogP contribution in [0.15, 0.2) is 18.2 Å². The molecule has 0 radical (unpaired) electrons. The number of carbonyl (C=O) groups is 1. The summed E-state index contributed by atoms with van der Waals surface area (Å²) in [6, 6.07) is 5.69. The van der Waals surface area contributed by atoms with Gasteiger partial charge >= 0.3 is 5.97 Å². The molecular formula is C19H24O4. The maximum absolute atomic E-state index is 11.5. The average molecular weight is 316 g/mol. The number of carboxylic acids is 1. The predicted molar refractivity (Wildman–Crippen MR) is 85.2 cm³/mol. The van der Waals surface area contributed by atoms with Gasteiger partial charge in [0.15, 0.2) is 0 Å². The number of aliphatic carboxylic acids is 1. The van der Waals surface area contributed by atoms with E-state index in [0.717, 1.165) is 25.7 Å². The molecule has 23 heavy (non-hydrogen) atoms. The number of rotatable bonds is 1. The van der Waals surface area contributed by atoms with E-state index < -0.39 is 18.0 Å². The number of aryl methyl sites for hydroxylation is 1. The van der Waals surface area contributed by atoms with Gasteiger partial charge in [0.25, 0.3) is 0 Å². The molecule has 2 saturated carbocycles. The molecule has 3 aliphatic rings. The summed E-state index contributed by atoms with van der Waals surface area (Å²) in [5, 5.41) is 29.8. The number of aliphatic hydroxyl groups excluding tert-OH is 1. The minimum Gasteiger partial charge on any atom is -0.508 e. The Morgan fingerprint density at radius 1 is 1.30 bits per heavy atom. The van der Waals surface area contributed by atoms with Crippen LogP contribution in [0.3, 0.4) is 0 Å². The lowest BCUT2D eigenvalue weighted by atomic mass is 9.55. The van der Waals surface area contributed by atoms with E-state index >= 15 is 0 Å². The number of phenols is 1. The summed E-state index contributed by atoms with van der Waals surface area (Å²) >= 11 is 0. The molecule has 1 aromatic carbocycles. The molecule has 3 N–H and O–H groups in total. The van der Waals surface area contributed by atoms with E-state index in [4.69, 9.17) is 0 Å². The molecule has 3 aliphatic carbocycles. The first-order valence-electron chi connectivity index (χ1n) is 8.64. The van der Waals surface area contributed by atoms with Crippen molar-refractivity contribution in [1.29, 1.82) is 0 Å². The zero-order chi connectivity index (χ0) is 16.4. The van der Waals surface area contributed by atoms with Crippen molar-refractivity contribution >= 4 is 5.97 Å². The highest BCUT2D eigenvalue weighted by molar-refractivity contribution is 5.71. The van der Waals surface area contributed by atoms with Crippen LogP contribution in [0.4, 0.5) is 0 Å². The molecule has 4 nitrogen and oxygen atoms in total. The smallest absolute Gasteiger partial charge is 0.309 e. The normalized spacial score (nSPS) is 41.7. The van der Waals surface area contributed by atoms with E-state index in [-0.39, 0.29) is 11.3 Å². The maximum atomic E-state index is 11.5. The number of benzene rings is 1. The second-order valence-electron chi connectivity index (χ2n) is 7.97. The Bertz CT molecular complexity index is 655. The van der Waals surface area contributed by atoms with Gasteiger partial charge in [-0.15, -0.1) is 0 Å². The van der Waals surface area contributed by atoms with Gasteiger partial charge in [-0.05, 0) is 78.5 Å².